The van der Waals surface area contributed by atoms with Gasteiger partial charge >= 0.3 is 0 Å². The van der Waals surface area contributed by atoms with Gasteiger partial charge in [-0.3, -0.25) is 4.79 Å². The molecule has 0 aliphatic rings. The molecule has 0 aliphatic heterocycles. The molecular formula is C17H16FNO2. The SMILES string of the molecule is C=C(C)COc1ccc(C(=O)Nc2ccc(F)cc2)cc1. The Bertz CT molecular complexity index is 633. The number of benzene rings is 2. The minimum absolute atomic E-state index is 0.256. The number of carbonyl (C=O) groups excluding carboxylic acids is 1. The third-order valence-corrected chi connectivity index (χ3v) is 2.70. The number of carbonyl (C=O) groups is 1. The molecule has 0 fully saturated rings. The summed E-state index contributed by atoms with van der Waals surface area (Å²) in [6, 6.07) is 12.4. The molecule has 0 saturated carbocycles. The molecular weight excluding hydrogens is 269 g/mol. The Morgan fingerprint density at radius 1 is 1.14 bits per heavy atom. The number of hydrogen-bond donors (Lipinski definition) is 1. The summed E-state index contributed by atoms with van der Waals surface area (Å²) < 4.78 is 18.2. The molecule has 0 spiro atoms. The van der Waals surface area contributed by atoms with Gasteiger partial charge in [-0.2, -0.15) is 0 Å². The number of rotatable bonds is 5. The van der Waals surface area contributed by atoms with Gasteiger partial charge in [0.15, 0.2) is 0 Å². The first-order valence-corrected chi connectivity index (χ1v) is 6.49. The van der Waals surface area contributed by atoms with Crippen LogP contribution in [0.15, 0.2) is 60.7 Å². The van der Waals surface area contributed by atoms with E-state index in [-0.39, 0.29) is 11.7 Å². The van der Waals surface area contributed by atoms with E-state index >= 15 is 0 Å². The molecule has 1 amide bonds. The van der Waals surface area contributed by atoms with Gasteiger partial charge in [0.2, 0.25) is 0 Å². The van der Waals surface area contributed by atoms with Crippen molar-refractivity contribution in [2.45, 2.75) is 6.92 Å². The minimum atomic E-state index is -0.341. The van der Waals surface area contributed by atoms with Crippen molar-refractivity contribution in [3.05, 3.63) is 72.1 Å². The van der Waals surface area contributed by atoms with Crippen LogP contribution in [0, 0.1) is 5.82 Å². The third kappa shape index (κ3) is 4.45. The fourth-order valence-electron chi connectivity index (χ4n) is 1.65. The van der Waals surface area contributed by atoms with E-state index in [2.05, 4.69) is 11.9 Å². The molecule has 4 heteroatoms. The van der Waals surface area contributed by atoms with Crippen LogP contribution in [0.4, 0.5) is 10.1 Å². The second-order valence-corrected chi connectivity index (χ2v) is 4.73. The monoisotopic (exact) mass is 285 g/mol. The summed E-state index contributed by atoms with van der Waals surface area (Å²) in [5.41, 5.74) is 1.97. The zero-order valence-electron chi connectivity index (χ0n) is 11.7. The first-order chi connectivity index (χ1) is 10.0. The van der Waals surface area contributed by atoms with Crippen LogP contribution >= 0.6 is 0 Å². The Labute approximate surface area is 123 Å². The molecule has 0 unspecified atom stereocenters. The lowest BCUT2D eigenvalue weighted by Gasteiger charge is -2.08. The van der Waals surface area contributed by atoms with E-state index in [0.717, 1.165) is 5.57 Å². The van der Waals surface area contributed by atoms with Crippen LogP contribution in [0.5, 0.6) is 5.75 Å². The van der Waals surface area contributed by atoms with Crippen LogP contribution in [0.3, 0.4) is 0 Å². The van der Waals surface area contributed by atoms with Crippen molar-refractivity contribution in [3.8, 4) is 5.75 Å². The summed E-state index contributed by atoms with van der Waals surface area (Å²) in [7, 11) is 0. The molecule has 0 heterocycles. The third-order valence-electron chi connectivity index (χ3n) is 2.70. The average Bonchev–Trinajstić information content (AvgIpc) is 2.48. The molecule has 0 aliphatic carbocycles. The normalized spacial score (nSPS) is 10.0. The van der Waals surface area contributed by atoms with Gasteiger partial charge < -0.3 is 10.1 Å². The van der Waals surface area contributed by atoms with Gasteiger partial charge in [-0.05, 0) is 61.0 Å². The standard InChI is InChI=1S/C17H16FNO2/c1-12(2)11-21-16-9-3-13(4-10-16)17(20)19-15-7-5-14(18)6-8-15/h3-10H,1,11H2,2H3,(H,19,20). The van der Waals surface area contributed by atoms with Crippen molar-refractivity contribution in [3.63, 3.8) is 0 Å². The Balaban J connectivity index is 1.99. The van der Waals surface area contributed by atoms with Crippen LogP contribution in [-0.2, 0) is 0 Å². The Hall–Kier alpha value is -2.62. The Morgan fingerprint density at radius 3 is 2.33 bits per heavy atom. The molecule has 1 N–H and O–H groups in total. The van der Waals surface area contributed by atoms with Gasteiger partial charge in [0.25, 0.3) is 5.91 Å². The number of anilines is 1. The van der Waals surface area contributed by atoms with Crippen molar-refractivity contribution in [2.75, 3.05) is 11.9 Å². The van der Waals surface area contributed by atoms with Gasteiger partial charge in [-0.1, -0.05) is 6.58 Å². The summed E-state index contributed by atoms with van der Waals surface area (Å²) in [4.78, 5) is 12.0. The second-order valence-electron chi connectivity index (χ2n) is 4.73. The van der Waals surface area contributed by atoms with Gasteiger partial charge in [-0.15, -0.1) is 0 Å². The predicted octanol–water partition coefficient (Wildman–Crippen LogP) is 4.03. The van der Waals surface area contributed by atoms with Crippen molar-refractivity contribution in [1.82, 2.24) is 0 Å². The van der Waals surface area contributed by atoms with Crippen molar-refractivity contribution < 1.29 is 13.9 Å². The molecule has 0 radical (unpaired) electrons. The maximum atomic E-state index is 12.8. The summed E-state index contributed by atoms with van der Waals surface area (Å²) in [6.45, 7) is 6.08. The van der Waals surface area contributed by atoms with Crippen LogP contribution in [0.1, 0.15) is 17.3 Å². The molecule has 0 saturated heterocycles. The first-order valence-electron chi connectivity index (χ1n) is 6.49. The molecule has 0 atom stereocenters. The smallest absolute Gasteiger partial charge is 0.255 e. The van der Waals surface area contributed by atoms with E-state index in [0.29, 0.717) is 23.6 Å². The molecule has 108 valence electrons. The highest BCUT2D eigenvalue weighted by Crippen LogP contribution is 2.15. The highest BCUT2D eigenvalue weighted by molar-refractivity contribution is 6.04. The quantitative estimate of drug-likeness (QED) is 0.842. The molecule has 3 nitrogen and oxygen atoms in total. The molecule has 21 heavy (non-hydrogen) atoms. The van der Waals surface area contributed by atoms with Gasteiger partial charge in [-0.25, -0.2) is 4.39 Å². The number of amides is 1. The number of nitrogens with one attached hydrogen (secondary N) is 1. The van der Waals surface area contributed by atoms with E-state index in [9.17, 15) is 9.18 Å². The van der Waals surface area contributed by atoms with Crippen molar-refractivity contribution in [2.24, 2.45) is 0 Å². The zero-order chi connectivity index (χ0) is 15.2. The minimum Gasteiger partial charge on any atom is -0.489 e. The maximum absolute atomic E-state index is 12.8. The molecule has 2 aromatic rings. The van der Waals surface area contributed by atoms with E-state index in [1.807, 2.05) is 6.92 Å². The highest BCUT2D eigenvalue weighted by Gasteiger charge is 2.06. The van der Waals surface area contributed by atoms with Gasteiger partial charge in [0.1, 0.15) is 18.2 Å². The molecule has 0 bridgehead atoms. The Morgan fingerprint density at radius 2 is 1.76 bits per heavy atom. The number of ether oxygens (including phenoxy) is 1. The predicted molar refractivity (Wildman–Crippen MR) is 81.1 cm³/mol. The Kier molecular flexibility index (Phi) is 4.72. The topological polar surface area (TPSA) is 38.3 Å². The average molecular weight is 285 g/mol. The summed E-state index contributed by atoms with van der Waals surface area (Å²) in [5.74, 6) is 0.0800. The van der Waals surface area contributed by atoms with Crippen LogP contribution < -0.4 is 10.1 Å². The summed E-state index contributed by atoms with van der Waals surface area (Å²) >= 11 is 0. The number of hydrogen-bond acceptors (Lipinski definition) is 2. The zero-order valence-corrected chi connectivity index (χ0v) is 11.7. The lowest BCUT2D eigenvalue weighted by Crippen LogP contribution is -2.11. The van der Waals surface area contributed by atoms with Gasteiger partial charge in [0, 0.05) is 11.3 Å². The number of halogens is 1. The van der Waals surface area contributed by atoms with Crippen LogP contribution in [-0.4, -0.2) is 12.5 Å². The summed E-state index contributed by atoms with van der Waals surface area (Å²) in [6.07, 6.45) is 0. The second kappa shape index (κ2) is 6.70. The fourth-order valence-corrected chi connectivity index (χ4v) is 1.65. The van der Waals surface area contributed by atoms with E-state index in [4.69, 9.17) is 4.74 Å². The molecule has 2 aromatic carbocycles. The first kappa shape index (κ1) is 14.8. The fraction of sp³-hybridized carbons (Fsp3) is 0.118. The summed E-state index contributed by atoms with van der Waals surface area (Å²) in [5, 5.41) is 2.69. The van der Waals surface area contributed by atoms with E-state index in [1.165, 1.54) is 24.3 Å². The van der Waals surface area contributed by atoms with E-state index < -0.39 is 0 Å². The van der Waals surface area contributed by atoms with Crippen molar-refractivity contribution >= 4 is 11.6 Å². The largest absolute Gasteiger partial charge is 0.489 e. The molecule has 2 rings (SSSR count). The lowest BCUT2D eigenvalue weighted by atomic mass is 10.2. The van der Waals surface area contributed by atoms with Crippen molar-refractivity contribution in [1.29, 1.82) is 0 Å². The van der Waals surface area contributed by atoms with E-state index in [1.54, 1.807) is 24.3 Å². The maximum Gasteiger partial charge on any atom is 0.255 e. The molecule has 0 aromatic heterocycles. The highest BCUT2D eigenvalue weighted by atomic mass is 19.1. The lowest BCUT2D eigenvalue weighted by molar-refractivity contribution is 0.102. The van der Waals surface area contributed by atoms with Gasteiger partial charge in [0.05, 0.1) is 0 Å². The van der Waals surface area contributed by atoms with Crippen LogP contribution in [0.25, 0.3) is 0 Å². The van der Waals surface area contributed by atoms with Crippen LogP contribution in [0.2, 0.25) is 0 Å².